The summed E-state index contributed by atoms with van der Waals surface area (Å²) in [5.74, 6) is 0. The Morgan fingerprint density at radius 2 is 1.50 bits per heavy atom. The molecule has 0 amide bonds. The molecule has 7 nitrogen and oxygen atoms in total. The molecule has 0 fully saturated rings. The van der Waals surface area contributed by atoms with Crippen LogP contribution in [0.25, 0.3) is 0 Å². The smallest absolute Gasteiger partial charge is 0.327 e. The van der Waals surface area contributed by atoms with E-state index in [9.17, 15) is 10.2 Å². The molecule has 0 saturated carbocycles. The Morgan fingerprint density at radius 3 is 1.89 bits per heavy atom. The van der Waals surface area contributed by atoms with Crippen LogP contribution in [0.4, 0.5) is 0 Å². The van der Waals surface area contributed by atoms with Gasteiger partial charge in [-0.05, 0) is 25.7 Å². The van der Waals surface area contributed by atoms with Crippen molar-refractivity contribution in [2.45, 2.75) is 32.2 Å². The Hall–Kier alpha value is 0.370. The first-order chi connectivity index (χ1) is 8.40. The lowest BCUT2D eigenvalue weighted by Gasteiger charge is -2.25. The van der Waals surface area contributed by atoms with Crippen molar-refractivity contribution in [1.29, 1.82) is 0 Å². The summed E-state index contributed by atoms with van der Waals surface area (Å²) in [5.41, 5.74) is 0. The number of hydrogen-bond donors (Lipinski definition) is 4. The topological polar surface area (TPSA) is 109 Å². The molecule has 0 aromatic carbocycles. The minimum atomic E-state index is -2.93. The molecular formula is C9H21O7PS. The molecule has 110 valence electrons. The summed E-state index contributed by atoms with van der Waals surface area (Å²) >= 11 is 5.04. The normalized spacial score (nSPS) is 17.4. The van der Waals surface area contributed by atoms with E-state index in [1.54, 1.807) is 13.8 Å². The highest BCUT2D eigenvalue weighted by Crippen LogP contribution is 2.49. The third-order valence-corrected chi connectivity index (χ3v) is 4.52. The van der Waals surface area contributed by atoms with E-state index < -0.39 is 31.6 Å². The van der Waals surface area contributed by atoms with Gasteiger partial charge in [0.2, 0.25) is 0 Å². The predicted octanol–water partition coefficient (Wildman–Crippen LogP) is -0.624. The molecule has 0 spiro atoms. The third kappa shape index (κ3) is 6.51. The Morgan fingerprint density at radius 1 is 1.00 bits per heavy atom. The van der Waals surface area contributed by atoms with E-state index in [1.165, 1.54) is 0 Å². The number of hydrogen-bond acceptors (Lipinski definition) is 8. The highest BCUT2D eigenvalue weighted by Gasteiger charge is 2.27. The molecule has 0 saturated heterocycles. The molecule has 0 aromatic rings. The van der Waals surface area contributed by atoms with E-state index in [2.05, 4.69) is 0 Å². The van der Waals surface area contributed by atoms with E-state index in [1.807, 2.05) is 0 Å². The van der Waals surface area contributed by atoms with E-state index >= 15 is 0 Å². The molecule has 0 heterocycles. The molecule has 9 heteroatoms. The van der Waals surface area contributed by atoms with Gasteiger partial charge >= 0.3 is 6.72 Å². The molecule has 0 aliphatic carbocycles. The molecule has 0 rings (SSSR count). The number of aliphatic hydroxyl groups is 4. The molecule has 0 aliphatic rings. The minimum absolute atomic E-state index is 0.301. The summed E-state index contributed by atoms with van der Waals surface area (Å²) in [5, 5.41) is 36.7. The largest absolute Gasteiger partial charge is 0.394 e. The van der Waals surface area contributed by atoms with Crippen LogP contribution in [0.15, 0.2) is 0 Å². The van der Waals surface area contributed by atoms with Crippen LogP contribution in [0, 0.1) is 0 Å². The summed E-state index contributed by atoms with van der Waals surface area (Å²) in [6.45, 7) is 0.106. The zero-order chi connectivity index (χ0) is 14.2. The van der Waals surface area contributed by atoms with Crippen LogP contribution in [0.3, 0.4) is 0 Å². The minimum Gasteiger partial charge on any atom is -0.394 e. The second-order valence-electron chi connectivity index (χ2n) is 3.39. The predicted molar refractivity (Wildman–Crippen MR) is 68.6 cm³/mol. The van der Waals surface area contributed by atoms with Crippen molar-refractivity contribution in [3.05, 3.63) is 0 Å². The van der Waals surface area contributed by atoms with Gasteiger partial charge in [-0.1, -0.05) is 0 Å². The Balaban J connectivity index is 4.30. The summed E-state index contributed by atoms with van der Waals surface area (Å²) in [7, 11) is 0. The van der Waals surface area contributed by atoms with Gasteiger partial charge in [0, 0.05) is 0 Å². The van der Waals surface area contributed by atoms with Gasteiger partial charge in [-0.2, -0.15) is 0 Å². The van der Waals surface area contributed by atoms with E-state index in [4.69, 9.17) is 35.6 Å². The Kier molecular flexibility index (Phi) is 9.49. The van der Waals surface area contributed by atoms with Crippen molar-refractivity contribution in [3.8, 4) is 0 Å². The zero-order valence-electron chi connectivity index (χ0n) is 10.4. The fourth-order valence-electron chi connectivity index (χ4n) is 1.06. The lowest BCUT2D eigenvalue weighted by molar-refractivity contribution is -0.0887. The molecule has 3 atom stereocenters. The highest BCUT2D eigenvalue weighted by atomic mass is 32.5. The van der Waals surface area contributed by atoms with Gasteiger partial charge in [-0.15, -0.1) is 0 Å². The standard InChI is InChI=1S/C9H21O7PS/c1-3-14-17(18,15-4-2)16-6-8(12)9(13)7(11)5-10/h7-13H,3-6H2,1-2H3/t7-,8+,9+/m0/s1. The van der Waals surface area contributed by atoms with Crippen LogP contribution < -0.4 is 0 Å². The fourth-order valence-corrected chi connectivity index (χ4v) is 3.07. The maximum absolute atomic E-state index is 9.53. The molecular weight excluding hydrogens is 283 g/mol. The van der Waals surface area contributed by atoms with Crippen LogP contribution in [-0.4, -0.2) is 65.2 Å². The summed E-state index contributed by atoms with van der Waals surface area (Å²) in [6, 6.07) is 0. The SMILES string of the molecule is CCOP(=S)(OCC)OC[C@@H](O)[C@H](O)[C@@H](O)CO. The van der Waals surface area contributed by atoms with Crippen LogP contribution >= 0.6 is 6.72 Å². The van der Waals surface area contributed by atoms with Crippen molar-refractivity contribution in [1.82, 2.24) is 0 Å². The molecule has 0 aliphatic heterocycles. The quantitative estimate of drug-likeness (QED) is 0.395. The van der Waals surface area contributed by atoms with Gasteiger partial charge in [0.25, 0.3) is 0 Å². The van der Waals surface area contributed by atoms with Crippen LogP contribution in [0.1, 0.15) is 13.8 Å². The van der Waals surface area contributed by atoms with Gasteiger partial charge in [-0.25, -0.2) is 0 Å². The van der Waals surface area contributed by atoms with Crippen molar-refractivity contribution in [2.24, 2.45) is 0 Å². The Labute approximate surface area is 112 Å². The van der Waals surface area contributed by atoms with E-state index in [-0.39, 0.29) is 6.61 Å². The maximum Gasteiger partial charge on any atom is 0.327 e. The summed E-state index contributed by atoms with van der Waals surface area (Å²) in [4.78, 5) is 0. The van der Waals surface area contributed by atoms with Crippen LogP contribution in [0.2, 0.25) is 0 Å². The lowest BCUT2D eigenvalue weighted by atomic mass is 10.1. The first kappa shape index (κ1) is 18.4. The van der Waals surface area contributed by atoms with Crippen molar-refractivity contribution >= 4 is 18.5 Å². The fraction of sp³-hybridized carbons (Fsp3) is 1.00. The lowest BCUT2D eigenvalue weighted by Crippen LogP contribution is -2.41. The van der Waals surface area contributed by atoms with Gasteiger partial charge < -0.3 is 34.0 Å². The highest BCUT2D eigenvalue weighted by molar-refractivity contribution is 8.07. The van der Waals surface area contributed by atoms with E-state index in [0.717, 1.165) is 0 Å². The molecule has 0 radical (unpaired) electrons. The zero-order valence-corrected chi connectivity index (χ0v) is 12.1. The van der Waals surface area contributed by atoms with Crippen molar-refractivity contribution < 1.29 is 34.0 Å². The summed E-state index contributed by atoms with van der Waals surface area (Å²) in [6.07, 6.45) is -4.36. The number of aliphatic hydroxyl groups excluding tert-OH is 4. The molecule has 0 aromatic heterocycles. The molecule has 0 unspecified atom stereocenters. The van der Waals surface area contributed by atoms with Crippen molar-refractivity contribution in [3.63, 3.8) is 0 Å². The van der Waals surface area contributed by atoms with Crippen LogP contribution in [-0.2, 0) is 25.4 Å². The number of rotatable bonds is 10. The second-order valence-corrected chi connectivity index (χ2v) is 6.40. The third-order valence-electron chi connectivity index (χ3n) is 1.95. The van der Waals surface area contributed by atoms with Gasteiger partial charge in [0.1, 0.15) is 18.3 Å². The maximum atomic E-state index is 9.53. The molecule has 4 N–H and O–H groups in total. The second kappa shape index (κ2) is 9.30. The monoisotopic (exact) mass is 304 g/mol. The van der Waals surface area contributed by atoms with Gasteiger partial charge in [0.05, 0.1) is 26.4 Å². The molecule has 0 bridgehead atoms. The van der Waals surface area contributed by atoms with Gasteiger partial charge in [-0.3, -0.25) is 0 Å². The van der Waals surface area contributed by atoms with E-state index in [0.29, 0.717) is 13.2 Å². The van der Waals surface area contributed by atoms with Crippen LogP contribution in [0.5, 0.6) is 0 Å². The molecule has 18 heavy (non-hydrogen) atoms. The first-order valence-corrected chi connectivity index (χ1v) is 8.14. The summed E-state index contributed by atoms with van der Waals surface area (Å²) < 4.78 is 15.5. The average Bonchev–Trinajstić information content (AvgIpc) is 2.34. The van der Waals surface area contributed by atoms with Crippen molar-refractivity contribution in [2.75, 3.05) is 26.4 Å². The van der Waals surface area contributed by atoms with Gasteiger partial charge in [0.15, 0.2) is 0 Å². The average molecular weight is 304 g/mol. The first-order valence-electron chi connectivity index (χ1n) is 5.58. The Bertz CT molecular complexity index is 255.